The van der Waals surface area contributed by atoms with Crippen molar-refractivity contribution in [3.63, 3.8) is 0 Å². The van der Waals surface area contributed by atoms with Crippen LogP contribution in [0.5, 0.6) is 0 Å². The molecule has 1 aliphatic rings. The van der Waals surface area contributed by atoms with E-state index in [4.69, 9.17) is 0 Å². The molecule has 1 aliphatic carbocycles. The predicted molar refractivity (Wildman–Crippen MR) is 91.0 cm³/mol. The van der Waals surface area contributed by atoms with Crippen LogP contribution in [0.25, 0.3) is 0 Å². The smallest absolute Gasteiger partial charge is 0.0169 e. The molecule has 0 radical (unpaired) electrons. The number of hydrogen-bond acceptors (Lipinski definition) is 1. The molecule has 0 bridgehead atoms. The van der Waals surface area contributed by atoms with Crippen molar-refractivity contribution in [2.75, 3.05) is 6.54 Å². The van der Waals surface area contributed by atoms with Crippen LogP contribution in [0.15, 0.2) is 11.6 Å². The summed E-state index contributed by atoms with van der Waals surface area (Å²) in [6, 6.07) is 0.578. The minimum Gasteiger partial charge on any atom is -0.311 e. The third kappa shape index (κ3) is 5.99. The molecule has 0 spiro atoms. The molecule has 0 aliphatic heterocycles. The van der Waals surface area contributed by atoms with Crippen molar-refractivity contribution in [3.8, 4) is 0 Å². The van der Waals surface area contributed by atoms with Crippen LogP contribution in [-0.4, -0.2) is 12.6 Å². The largest absolute Gasteiger partial charge is 0.311 e. The van der Waals surface area contributed by atoms with Crippen molar-refractivity contribution in [2.24, 2.45) is 23.2 Å². The molecule has 1 saturated carbocycles. The molecular weight excluding hydrogens is 242 g/mol. The van der Waals surface area contributed by atoms with Gasteiger partial charge in [0.05, 0.1) is 0 Å². The topological polar surface area (TPSA) is 12.0 Å². The average molecular weight is 280 g/mol. The highest BCUT2D eigenvalue weighted by Crippen LogP contribution is 2.40. The van der Waals surface area contributed by atoms with Crippen molar-refractivity contribution >= 4 is 0 Å². The normalized spacial score (nSPS) is 25.6. The molecule has 0 aromatic heterocycles. The number of rotatable bonds is 5. The van der Waals surface area contributed by atoms with Gasteiger partial charge < -0.3 is 5.32 Å². The summed E-state index contributed by atoms with van der Waals surface area (Å²) in [6.07, 6.45) is 8.19. The van der Waals surface area contributed by atoms with E-state index in [2.05, 4.69) is 59.9 Å². The summed E-state index contributed by atoms with van der Waals surface area (Å²) in [4.78, 5) is 0. The number of nitrogens with one attached hydrogen (secondary N) is 1. The zero-order valence-corrected chi connectivity index (χ0v) is 14.9. The van der Waals surface area contributed by atoms with Gasteiger partial charge in [0.1, 0.15) is 0 Å². The Hall–Kier alpha value is -0.300. The molecule has 0 atom stereocenters. The SMILES string of the molecule is CC(C)NCC(=CC1CCC(C(C)(C)C)CC1)C(C)C. The monoisotopic (exact) mass is 279 g/mol. The van der Waals surface area contributed by atoms with E-state index in [-0.39, 0.29) is 0 Å². The van der Waals surface area contributed by atoms with Crippen LogP contribution in [0.3, 0.4) is 0 Å². The van der Waals surface area contributed by atoms with Crippen molar-refractivity contribution in [2.45, 2.75) is 80.2 Å². The Labute approximate surface area is 127 Å². The van der Waals surface area contributed by atoms with Crippen molar-refractivity contribution in [1.29, 1.82) is 0 Å². The van der Waals surface area contributed by atoms with Gasteiger partial charge in [0, 0.05) is 12.6 Å². The first-order valence-electron chi connectivity index (χ1n) is 8.64. The molecule has 118 valence electrons. The maximum absolute atomic E-state index is 3.58. The summed E-state index contributed by atoms with van der Waals surface area (Å²) in [5.41, 5.74) is 2.10. The molecule has 0 unspecified atom stereocenters. The van der Waals surface area contributed by atoms with Gasteiger partial charge in [-0.3, -0.25) is 0 Å². The van der Waals surface area contributed by atoms with Gasteiger partial charge in [-0.2, -0.15) is 0 Å². The fourth-order valence-electron chi connectivity index (χ4n) is 3.23. The molecule has 0 amide bonds. The lowest BCUT2D eigenvalue weighted by atomic mass is 9.69. The minimum absolute atomic E-state index is 0.495. The van der Waals surface area contributed by atoms with Crippen LogP contribution >= 0.6 is 0 Å². The van der Waals surface area contributed by atoms with Crippen LogP contribution in [0.1, 0.15) is 74.1 Å². The first-order chi connectivity index (χ1) is 9.20. The van der Waals surface area contributed by atoms with Gasteiger partial charge in [0.25, 0.3) is 0 Å². The molecule has 0 aromatic rings. The molecule has 0 aromatic carbocycles. The first-order valence-corrected chi connectivity index (χ1v) is 8.64. The highest BCUT2D eigenvalue weighted by molar-refractivity contribution is 5.10. The van der Waals surface area contributed by atoms with Gasteiger partial charge in [-0.05, 0) is 48.9 Å². The molecule has 20 heavy (non-hydrogen) atoms. The summed E-state index contributed by atoms with van der Waals surface area (Å²) in [6.45, 7) is 17.4. The van der Waals surface area contributed by atoms with Crippen LogP contribution in [0.2, 0.25) is 0 Å². The van der Waals surface area contributed by atoms with E-state index in [0.29, 0.717) is 17.4 Å². The maximum atomic E-state index is 3.58. The van der Waals surface area contributed by atoms with Crippen molar-refractivity contribution < 1.29 is 0 Å². The Morgan fingerprint density at radius 1 is 1.05 bits per heavy atom. The van der Waals surface area contributed by atoms with Crippen LogP contribution in [0.4, 0.5) is 0 Å². The minimum atomic E-state index is 0.495. The second kappa shape index (κ2) is 7.64. The van der Waals surface area contributed by atoms with E-state index >= 15 is 0 Å². The third-order valence-electron chi connectivity index (χ3n) is 4.90. The van der Waals surface area contributed by atoms with Gasteiger partial charge in [0.2, 0.25) is 0 Å². The van der Waals surface area contributed by atoms with Gasteiger partial charge in [-0.25, -0.2) is 0 Å². The standard InChI is InChI=1S/C19H37N/c1-14(2)17(13-20-15(3)4)12-16-8-10-18(11-9-16)19(5,6)7/h12,14-16,18,20H,8-11,13H2,1-7H3. The van der Waals surface area contributed by atoms with Gasteiger partial charge in [0.15, 0.2) is 0 Å². The van der Waals surface area contributed by atoms with Gasteiger partial charge in [-0.1, -0.05) is 60.1 Å². The van der Waals surface area contributed by atoms with E-state index < -0.39 is 0 Å². The van der Waals surface area contributed by atoms with E-state index in [1.54, 1.807) is 5.57 Å². The van der Waals surface area contributed by atoms with E-state index in [9.17, 15) is 0 Å². The molecule has 0 saturated heterocycles. The Morgan fingerprint density at radius 3 is 2.00 bits per heavy atom. The molecule has 1 nitrogen and oxygen atoms in total. The number of allylic oxidation sites excluding steroid dienone is 1. The fraction of sp³-hybridized carbons (Fsp3) is 0.895. The summed E-state index contributed by atoms with van der Waals surface area (Å²) >= 11 is 0. The summed E-state index contributed by atoms with van der Waals surface area (Å²) < 4.78 is 0. The van der Waals surface area contributed by atoms with Crippen LogP contribution < -0.4 is 5.32 Å². The lowest BCUT2D eigenvalue weighted by Crippen LogP contribution is -2.28. The van der Waals surface area contributed by atoms with E-state index in [1.165, 1.54) is 25.7 Å². The predicted octanol–water partition coefficient (Wildman–Crippen LogP) is 5.42. The lowest BCUT2D eigenvalue weighted by Gasteiger charge is -2.36. The highest BCUT2D eigenvalue weighted by Gasteiger charge is 2.29. The van der Waals surface area contributed by atoms with Gasteiger partial charge >= 0.3 is 0 Å². The van der Waals surface area contributed by atoms with Crippen molar-refractivity contribution in [3.05, 3.63) is 11.6 Å². The fourth-order valence-corrected chi connectivity index (χ4v) is 3.23. The Balaban J connectivity index is 2.55. The van der Waals surface area contributed by atoms with Crippen LogP contribution in [0, 0.1) is 23.2 Å². The Kier molecular flexibility index (Phi) is 6.78. The van der Waals surface area contributed by atoms with E-state index in [0.717, 1.165) is 18.4 Å². The molecule has 1 fully saturated rings. The van der Waals surface area contributed by atoms with Crippen LogP contribution in [-0.2, 0) is 0 Å². The first kappa shape index (κ1) is 17.8. The molecule has 0 heterocycles. The zero-order chi connectivity index (χ0) is 15.3. The molecule has 1 N–H and O–H groups in total. The quantitative estimate of drug-likeness (QED) is 0.663. The zero-order valence-electron chi connectivity index (χ0n) is 14.9. The Morgan fingerprint density at radius 2 is 1.60 bits per heavy atom. The molecule has 1 rings (SSSR count). The van der Waals surface area contributed by atoms with E-state index in [1.807, 2.05) is 0 Å². The Bertz CT molecular complexity index is 298. The second-order valence-electron chi connectivity index (χ2n) is 8.41. The summed E-state index contributed by atoms with van der Waals surface area (Å²) in [7, 11) is 0. The maximum Gasteiger partial charge on any atom is 0.0169 e. The molecular formula is C19H37N. The van der Waals surface area contributed by atoms with Gasteiger partial charge in [-0.15, -0.1) is 0 Å². The average Bonchev–Trinajstić information content (AvgIpc) is 2.33. The second-order valence-corrected chi connectivity index (χ2v) is 8.41. The number of hydrogen-bond donors (Lipinski definition) is 1. The van der Waals surface area contributed by atoms with Crippen molar-refractivity contribution in [1.82, 2.24) is 5.32 Å². The lowest BCUT2D eigenvalue weighted by molar-refractivity contribution is 0.162. The summed E-state index contributed by atoms with van der Waals surface area (Å²) in [5, 5.41) is 3.58. The highest BCUT2D eigenvalue weighted by atomic mass is 14.9. The summed E-state index contributed by atoms with van der Waals surface area (Å²) in [5.74, 6) is 2.41. The molecule has 1 heteroatoms. The third-order valence-corrected chi connectivity index (χ3v) is 4.90.